The molecular weight excluding hydrogens is 150 g/mol. The zero-order valence-corrected chi connectivity index (χ0v) is 7.76. The van der Waals surface area contributed by atoms with Gasteiger partial charge in [-0.1, -0.05) is 26.7 Å². The molecule has 0 atom stereocenters. The van der Waals surface area contributed by atoms with Gasteiger partial charge in [-0.3, -0.25) is 4.79 Å². The van der Waals surface area contributed by atoms with Crippen LogP contribution >= 0.6 is 0 Å². The van der Waals surface area contributed by atoms with Crippen LogP contribution in [0.3, 0.4) is 0 Å². The van der Waals surface area contributed by atoms with Gasteiger partial charge in [0, 0.05) is 5.92 Å². The topological polar surface area (TPSA) is 40.9 Å². The fraction of sp³-hybridized carbons (Fsp3) is 0.800. The molecule has 0 heterocycles. The summed E-state index contributed by atoms with van der Waals surface area (Å²) < 4.78 is 0. The summed E-state index contributed by atoms with van der Waals surface area (Å²) in [6.07, 6.45) is 3.62. The molecule has 1 aliphatic rings. The maximum atomic E-state index is 11.7. The third-order valence-corrected chi connectivity index (χ3v) is 2.67. The van der Waals surface area contributed by atoms with Gasteiger partial charge in [0.25, 0.3) is 0 Å². The molecule has 1 rings (SSSR count). The molecule has 0 unspecified atom stereocenters. The average molecular weight is 165 g/mol. The molecule has 0 spiro atoms. The number of nitrogens with zero attached hydrogens (tertiary/aromatic N) is 1. The van der Waals surface area contributed by atoms with Gasteiger partial charge in [0.2, 0.25) is 0 Å². The Morgan fingerprint density at radius 3 is 2.25 bits per heavy atom. The van der Waals surface area contributed by atoms with Crippen LogP contribution in [0.25, 0.3) is 0 Å². The van der Waals surface area contributed by atoms with Gasteiger partial charge in [-0.2, -0.15) is 5.26 Å². The van der Waals surface area contributed by atoms with Gasteiger partial charge in [-0.05, 0) is 12.8 Å². The molecule has 0 aliphatic heterocycles. The van der Waals surface area contributed by atoms with E-state index in [0.29, 0.717) is 0 Å². The molecule has 0 saturated heterocycles. The van der Waals surface area contributed by atoms with Gasteiger partial charge in [0.1, 0.15) is 5.41 Å². The molecular formula is C10H15NO. The van der Waals surface area contributed by atoms with Crippen molar-refractivity contribution in [3.63, 3.8) is 0 Å². The molecule has 0 aromatic rings. The van der Waals surface area contributed by atoms with E-state index >= 15 is 0 Å². The molecule has 0 aromatic carbocycles. The highest BCUT2D eigenvalue weighted by atomic mass is 16.1. The Bertz CT molecular complexity index is 218. The van der Waals surface area contributed by atoms with Crippen LogP contribution in [0.5, 0.6) is 0 Å². The second-order valence-corrected chi connectivity index (χ2v) is 3.92. The average Bonchev–Trinajstić information content (AvgIpc) is 2.52. The predicted octanol–water partition coefficient (Wildman–Crippen LogP) is 2.30. The standard InChI is InChI=1S/C10H15NO/c1-8(2)9(12)10(7-11)5-3-4-6-10/h8H,3-6H2,1-2H3. The van der Waals surface area contributed by atoms with Gasteiger partial charge in [-0.25, -0.2) is 0 Å². The zero-order valence-electron chi connectivity index (χ0n) is 7.76. The van der Waals surface area contributed by atoms with Gasteiger partial charge in [0.05, 0.1) is 6.07 Å². The van der Waals surface area contributed by atoms with Crippen molar-refractivity contribution >= 4 is 5.78 Å². The summed E-state index contributed by atoms with van der Waals surface area (Å²) >= 11 is 0. The van der Waals surface area contributed by atoms with Crippen molar-refractivity contribution in [3.05, 3.63) is 0 Å². The Kier molecular flexibility index (Phi) is 2.52. The Balaban J connectivity index is 2.81. The minimum absolute atomic E-state index is 0.00255. The summed E-state index contributed by atoms with van der Waals surface area (Å²) in [6, 6.07) is 2.21. The lowest BCUT2D eigenvalue weighted by molar-refractivity contribution is -0.128. The lowest BCUT2D eigenvalue weighted by Crippen LogP contribution is -2.30. The quantitative estimate of drug-likeness (QED) is 0.630. The number of rotatable bonds is 2. The SMILES string of the molecule is CC(C)C(=O)C1(C#N)CCCC1. The molecule has 1 saturated carbocycles. The first kappa shape index (κ1) is 9.25. The van der Waals surface area contributed by atoms with E-state index < -0.39 is 5.41 Å². The minimum atomic E-state index is -0.617. The van der Waals surface area contributed by atoms with Crippen LogP contribution in [0.4, 0.5) is 0 Å². The fourth-order valence-electron chi connectivity index (χ4n) is 1.94. The summed E-state index contributed by atoms with van der Waals surface area (Å²) in [5.74, 6) is 0.144. The number of Topliss-reactive ketones (excluding diaryl/α,β-unsaturated/α-hetero) is 1. The van der Waals surface area contributed by atoms with Gasteiger partial charge >= 0.3 is 0 Å². The van der Waals surface area contributed by atoms with Gasteiger partial charge in [-0.15, -0.1) is 0 Å². The first-order valence-electron chi connectivity index (χ1n) is 4.58. The number of hydrogen-bond acceptors (Lipinski definition) is 2. The normalized spacial score (nSPS) is 20.8. The van der Waals surface area contributed by atoms with Gasteiger partial charge in [0.15, 0.2) is 5.78 Å². The number of hydrogen-bond donors (Lipinski definition) is 0. The number of carbonyl (C=O) groups excluding carboxylic acids is 1. The third-order valence-electron chi connectivity index (χ3n) is 2.67. The number of nitriles is 1. The van der Waals surface area contributed by atoms with E-state index in [9.17, 15) is 4.79 Å². The zero-order chi connectivity index (χ0) is 9.19. The Morgan fingerprint density at radius 1 is 1.42 bits per heavy atom. The van der Waals surface area contributed by atoms with Crippen LogP contribution < -0.4 is 0 Å². The van der Waals surface area contributed by atoms with Crippen LogP contribution in [-0.2, 0) is 4.79 Å². The van der Waals surface area contributed by atoms with Crippen molar-refractivity contribution in [2.24, 2.45) is 11.3 Å². The van der Waals surface area contributed by atoms with Crippen molar-refractivity contribution in [2.45, 2.75) is 39.5 Å². The fourth-order valence-corrected chi connectivity index (χ4v) is 1.94. The lowest BCUT2D eigenvalue weighted by Gasteiger charge is -2.20. The van der Waals surface area contributed by atoms with Crippen molar-refractivity contribution in [2.75, 3.05) is 0 Å². The van der Waals surface area contributed by atoms with Crippen LogP contribution in [0.15, 0.2) is 0 Å². The molecule has 1 aliphatic carbocycles. The summed E-state index contributed by atoms with van der Waals surface area (Å²) in [5.41, 5.74) is -0.617. The van der Waals surface area contributed by atoms with Crippen LogP contribution in [0.1, 0.15) is 39.5 Å². The highest BCUT2D eigenvalue weighted by molar-refractivity contribution is 5.89. The maximum Gasteiger partial charge on any atom is 0.155 e. The number of carbonyl (C=O) groups is 1. The molecule has 0 bridgehead atoms. The highest BCUT2D eigenvalue weighted by Gasteiger charge is 2.41. The molecule has 0 radical (unpaired) electrons. The summed E-state index contributed by atoms with van der Waals surface area (Å²) in [4.78, 5) is 11.7. The van der Waals surface area contributed by atoms with Crippen molar-refractivity contribution in [1.82, 2.24) is 0 Å². The number of ketones is 1. The second-order valence-electron chi connectivity index (χ2n) is 3.92. The van der Waals surface area contributed by atoms with E-state index in [1.807, 2.05) is 13.8 Å². The largest absolute Gasteiger partial charge is 0.298 e. The molecule has 2 heteroatoms. The van der Waals surface area contributed by atoms with E-state index in [4.69, 9.17) is 5.26 Å². The van der Waals surface area contributed by atoms with Crippen LogP contribution in [0, 0.1) is 22.7 Å². The molecule has 0 N–H and O–H groups in total. The first-order valence-corrected chi connectivity index (χ1v) is 4.58. The summed E-state index contributed by atoms with van der Waals surface area (Å²) in [6.45, 7) is 3.75. The second kappa shape index (κ2) is 3.26. The monoisotopic (exact) mass is 165 g/mol. The van der Waals surface area contributed by atoms with Crippen LogP contribution in [0.2, 0.25) is 0 Å². The summed E-state index contributed by atoms with van der Waals surface area (Å²) in [5, 5.41) is 8.96. The molecule has 0 aromatic heterocycles. The maximum absolute atomic E-state index is 11.7. The Labute approximate surface area is 73.6 Å². The van der Waals surface area contributed by atoms with E-state index in [1.54, 1.807) is 0 Å². The van der Waals surface area contributed by atoms with Crippen molar-refractivity contribution < 1.29 is 4.79 Å². The third kappa shape index (κ3) is 1.36. The Hall–Kier alpha value is -0.840. The van der Waals surface area contributed by atoms with E-state index in [2.05, 4.69) is 6.07 Å². The molecule has 12 heavy (non-hydrogen) atoms. The molecule has 1 fully saturated rings. The minimum Gasteiger partial charge on any atom is -0.298 e. The molecule has 66 valence electrons. The van der Waals surface area contributed by atoms with E-state index in [-0.39, 0.29) is 11.7 Å². The van der Waals surface area contributed by atoms with E-state index in [1.165, 1.54) is 0 Å². The lowest BCUT2D eigenvalue weighted by atomic mass is 9.79. The molecule has 0 amide bonds. The first-order chi connectivity index (χ1) is 5.62. The van der Waals surface area contributed by atoms with E-state index in [0.717, 1.165) is 25.7 Å². The Morgan fingerprint density at radius 2 is 1.92 bits per heavy atom. The van der Waals surface area contributed by atoms with Crippen LogP contribution in [-0.4, -0.2) is 5.78 Å². The van der Waals surface area contributed by atoms with Gasteiger partial charge < -0.3 is 0 Å². The summed E-state index contributed by atoms with van der Waals surface area (Å²) in [7, 11) is 0. The highest BCUT2D eigenvalue weighted by Crippen LogP contribution is 2.39. The van der Waals surface area contributed by atoms with Crippen molar-refractivity contribution in [3.8, 4) is 6.07 Å². The predicted molar refractivity (Wildman–Crippen MR) is 46.4 cm³/mol. The van der Waals surface area contributed by atoms with Crippen molar-refractivity contribution in [1.29, 1.82) is 5.26 Å². The molecule has 2 nitrogen and oxygen atoms in total. The smallest absolute Gasteiger partial charge is 0.155 e.